The molecular formula is C29H24N4OS. The Bertz CT molecular complexity index is 1500. The van der Waals surface area contributed by atoms with E-state index in [1.165, 1.54) is 10.8 Å². The molecule has 2 aromatic heterocycles. The number of ether oxygens (including phenoxy) is 1. The number of nitrogens with zero attached hydrogens (tertiary/aromatic N) is 3. The predicted molar refractivity (Wildman–Crippen MR) is 144 cm³/mol. The topological polar surface area (TPSA) is 42.3 Å². The zero-order valence-electron chi connectivity index (χ0n) is 19.2. The number of benzene rings is 3. The summed E-state index contributed by atoms with van der Waals surface area (Å²) in [5, 5.41) is 6.64. The Balaban J connectivity index is 1.50. The van der Waals surface area contributed by atoms with Gasteiger partial charge in [-0.25, -0.2) is 0 Å². The molecule has 3 heterocycles. The molecule has 1 N–H and O–H groups in total. The van der Waals surface area contributed by atoms with Crippen LogP contribution in [0.4, 0.5) is 5.69 Å². The Kier molecular flexibility index (Phi) is 5.43. The summed E-state index contributed by atoms with van der Waals surface area (Å²) in [6.45, 7) is 0. The van der Waals surface area contributed by atoms with Gasteiger partial charge >= 0.3 is 0 Å². The second-order valence-corrected chi connectivity index (χ2v) is 8.92. The van der Waals surface area contributed by atoms with Crippen molar-refractivity contribution in [2.24, 2.45) is 0 Å². The Morgan fingerprint density at radius 2 is 1.60 bits per heavy atom. The summed E-state index contributed by atoms with van der Waals surface area (Å²) in [4.78, 5) is 6.86. The number of hydrogen-bond acceptors (Lipinski definition) is 3. The summed E-state index contributed by atoms with van der Waals surface area (Å²) in [6, 6.07) is 33.1. The van der Waals surface area contributed by atoms with Crippen LogP contribution in [0.2, 0.25) is 0 Å². The smallest absolute Gasteiger partial charge is 0.174 e. The van der Waals surface area contributed by atoms with E-state index in [0.29, 0.717) is 5.11 Å². The van der Waals surface area contributed by atoms with Crippen molar-refractivity contribution < 1.29 is 4.74 Å². The molecule has 0 amide bonds. The molecule has 5 aromatic rings. The lowest BCUT2D eigenvalue weighted by atomic mass is 10.0. The van der Waals surface area contributed by atoms with Crippen molar-refractivity contribution in [3.05, 3.63) is 121 Å². The molecule has 0 radical (unpaired) electrons. The van der Waals surface area contributed by atoms with E-state index in [9.17, 15) is 0 Å². The molecule has 1 aliphatic rings. The second kappa shape index (κ2) is 8.89. The number of pyridine rings is 1. The van der Waals surface area contributed by atoms with Gasteiger partial charge in [-0.05, 0) is 83.7 Å². The van der Waals surface area contributed by atoms with Gasteiger partial charge in [0.1, 0.15) is 11.8 Å². The van der Waals surface area contributed by atoms with Crippen LogP contribution in [-0.2, 0) is 0 Å². The summed E-state index contributed by atoms with van der Waals surface area (Å²) in [7, 11) is 1.67. The third-order valence-electron chi connectivity index (χ3n) is 6.54. The lowest BCUT2D eigenvalue weighted by Gasteiger charge is -2.29. The molecule has 5 nitrogen and oxygen atoms in total. The highest BCUT2D eigenvalue weighted by Crippen LogP contribution is 2.42. The van der Waals surface area contributed by atoms with E-state index in [1.54, 1.807) is 7.11 Å². The average molecular weight is 477 g/mol. The summed E-state index contributed by atoms with van der Waals surface area (Å²) in [6.07, 6.45) is 3.94. The Morgan fingerprint density at radius 1 is 0.829 bits per heavy atom. The van der Waals surface area contributed by atoms with E-state index in [1.807, 2.05) is 48.7 Å². The van der Waals surface area contributed by atoms with Gasteiger partial charge in [0.15, 0.2) is 5.11 Å². The first-order valence-electron chi connectivity index (χ1n) is 11.5. The molecule has 1 aliphatic heterocycles. The van der Waals surface area contributed by atoms with Gasteiger partial charge < -0.3 is 19.5 Å². The van der Waals surface area contributed by atoms with E-state index in [4.69, 9.17) is 17.0 Å². The van der Waals surface area contributed by atoms with Crippen LogP contribution in [0.3, 0.4) is 0 Å². The monoisotopic (exact) mass is 476 g/mol. The molecule has 172 valence electrons. The lowest BCUT2D eigenvalue weighted by molar-refractivity contribution is 0.415. The van der Waals surface area contributed by atoms with Crippen LogP contribution in [0, 0.1) is 0 Å². The first-order valence-corrected chi connectivity index (χ1v) is 11.9. The Morgan fingerprint density at radius 3 is 2.37 bits per heavy atom. The van der Waals surface area contributed by atoms with Crippen molar-refractivity contribution in [3.8, 4) is 11.4 Å². The van der Waals surface area contributed by atoms with E-state index in [-0.39, 0.29) is 12.1 Å². The fourth-order valence-corrected chi connectivity index (χ4v) is 5.22. The highest BCUT2D eigenvalue weighted by atomic mass is 32.1. The summed E-state index contributed by atoms with van der Waals surface area (Å²) < 4.78 is 7.63. The van der Waals surface area contributed by atoms with E-state index < -0.39 is 0 Å². The van der Waals surface area contributed by atoms with Crippen molar-refractivity contribution in [2.45, 2.75) is 12.1 Å². The van der Waals surface area contributed by atoms with Crippen LogP contribution >= 0.6 is 12.2 Å². The maximum atomic E-state index is 5.88. The standard InChI is InChI=1S/C29H24N4OS/c1-34-24-15-13-22(14-16-24)33-28(27(31-29(33)35)25-9-4-5-17-30-25)26-10-6-18-32(26)23-12-11-20-7-2-3-8-21(20)19-23/h2-19,27-28H,1H3,(H,31,35)/t27-,28-/m1/s1. The summed E-state index contributed by atoms with van der Waals surface area (Å²) >= 11 is 5.88. The molecule has 0 bridgehead atoms. The van der Waals surface area contributed by atoms with Gasteiger partial charge in [-0.1, -0.05) is 36.4 Å². The van der Waals surface area contributed by atoms with Gasteiger partial charge in [-0.2, -0.15) is 0 Å². The van der Waals surface area contributed by atoms with Crippen molar-refractivity contribution in [2.75, 3.05) is 12.0 Å². The molecule has 2 atom stereocenters. The number of nitrogens with one attached hydrogen (secondary N) is 1. The average Bonchev–Trinajstić information content (AvgIpc) is 3.53. The highest BCUT2D eigenvalue weighted by Gasteiger charge is 2.42. The van der Waals surface area contributed by atoms with E-state index in [2.05, 4.69) is 80.6 Å². The van der Waals surface area contributed by atoms with Gasteiger partial charge in [-0.3, -0.25) is 4.98 Å². The van der Waals surface area contributed by atoms with Gasteiger partial charge in [-0.15, -0.1) is 0 Å². The molecule has 0 saturated carbocycles. The summed E-state index contributed by atoms with van der Waals surface area (Å²) in [5.74, 6) is 0.809. The first kappa shape index (κ1) is 21.4. The summed E-state index contributed by atoms with van der Waals surface area (Å²) in [5.41, 5.74) is 4.18. The fourth-order valence-electron chi connectivity index (χ4n) is 4.87. The maximum absolute atomic E-state index is 5.88. The van der Waals surface area contributed by atoms with Crippen LogP contribution < -0.4 is 15.0 Å². The molecule has 0 unspecified atom stereocenters. The van der Waals surface area contributed by atoms with E-state index >= 15 is 0 Å². The quantitative estimate of drug-likeness (QED) is 0.306. The molecular weight excluding hydrogens is 452 g/mol. The van der Waals surface area contributed by atoms with Crippen LogP contribution in [0.5, 0.6) is 5.75 Å². The Hall–Kier alpha value is -4.16. The number of aromatic nitrogens is 2. The van der Waals surface area contributed by atoms with Crippen molar-refractivity contribution in [1.82, 2.24) is 14.9 Å². The molecule has 3 aromatic carbocycles. The molecule has 0 spiro atoms. The zero-order valence-corrected chi connectivity index (χ0v) is 20.0. The van der Waals surface area contributed by atoms with E-state index in [0.717, 1.165) is 28.5 Å². The molecule has 1 fully saturated rings. The second-order valence-electron chi connectivity index (χ2n) is 8.53. The number of fused-ring (bicyclic) bond motifs is 1. The van der Waals surface area contributed by atoms with Gasteiger partial charge in [0.25, 0.3) is 0 Å². The third-order valence-corrected chi connectivity index (χ3v) is 6.86. The van der Waals surface area contributed by atoms with Gasteiger partial charge in [0.2, 0.25) is 0 Å². The predicted octanol–water partition coefficient (Wildman–Crippen LogP) is 6.21. The molecule has 1 saturated heterocycles. The molecule has 35 heavy (non-hydrogen) atoms. The first-order chi connectivity index (χ1) is 17.2. The Labute approximate surface area is 209 Å². The van der Waals surface area contributed by atoms with Gasteiger partial charge in [0, 0.05) is 29.5 Å². The minimum absolute atomic E-state index is 0.104. The third kappa shape index (κ3) is 3.82. The molecule has 6 heteroatoms. The largest absolute Gasteiger partial charge is 0.497 e. The number of thiocarbonyl (C=S) groups is 1. The number of methoxy groups -OCH3 is 1. The van der Waals surface area contributed by atoms with Gasteiger partial charge in [0.05, 0.1) is 18.8 Å². The minimum Gasteiger partial charge on any atom is -0.497 e. The lowest BCUT2D eigenvalue weighted by Crippen LogP contribution is -2.30. The van der Waals surface area contributed by atoms with Crippen LogP contribution in [0.15, 0.2) is 109 Å². The maximum Gasteiger partial charge on any atom is 0.174 e. The van der Waals surface area contributed by atoms with Crippen molar-refractivity contribution in [3.63, 3.8) is 0 Å². The van der Waals surface area contributed by atoms with Crippen molar-refractivity contribution in [1.29, 1.82) is 0 Å². The number of rotatable bonds is 5. The highest BCUT2D eigenvalue weighted by molar-refractivity contribution is 7.80. The minimum atomic E-state index is -0.111. The zero-order chi connectivity index (χ0) is 23.8. The normalized spacial score (nSPS) is 17.5. The molecule has 6 rings (SSSR count). The van der Waals surface area contributed by atoms with Crippen LogP contribution in [0.25, 0.3) is 16.5 Å². The SMILES string of the molecule is COc1ccc(N2C(=S)N[C@H](c3ccccn3)[C@H]2c2cccn2-c2ccc3ccccc3c2)cc1. The van der Waals surface area contributed by atoms with Crippen LogP contribution in [-0.4, -0.2) is 21.8 Å². The van der Waals surface area contributed by atoms with Crippen LogP contribution in [0.1, 0.15) is 23.5 Å². The number of hydrogen-bond donors (Lipinski definition) is 1. The molecule has 0 aliphatic carbocycles. The fraction of sp³-hybridized carbons (Fsp3) is 0.103. The van der Waals surface area contributed by atoms with Crippen molar-refractivity contribution >= 4 is 33.8 Å². The number of anilines is 1.